The van der Waals surface area contributed by atoms with E-state index in [2.05, 4.69) is 15.6 Å². The topological polar surface area (TPSA) is 70.4 Å². The SMILES string of the molecule is CN(C)c1nc2cc(NC(=O)C3CCNC3)ccc2o1. The van der Waals surface area contributed by atoms with Crippen molar-refractivity contribution in [1.82, 2.24) is 10.3 Å². The van der Waals surface area contributed by atoms with Crippen LogP contribution in [0, 0.1) is 5.92 Å². The number of rotatable bonds is 3. The molecule has 1 fully saturated rings. The van der Waals surface area contributed by atoms with Gasteiger partial charge in [-0.15, -0.1) is 0 Å². The molecule has 0 saturated carbocycles. The third-order valence-electron chi connectivity index (χ3n) is 3.46. The zero-order valence-corrected chi connectivity index (χ0v) is 11.6. The second-order valence-electron chi connectivity index (χ2n) is 5.25. The van der Waals surface area contributed by atoms with Gasteiger partial charge in [0.1, 0.15) is 5.52 Å². The molecule has 2 heterocycles. The molecule has 20 heavy (non-hydrogen) atoms. The summed E-state index contributed by atoms with van der Waals surface area (Å²) >= 11 is 0. The Bertz CT molecular complexity index is 629. The maximum Gasteiger partial charge on any atom is 0.297 e. The Morgan fingerprint density at radius 2 is 2.35 bits per heavy atom. The van der Waals surface area contributed by atoms with Gasteiger partial charge in [-0.05, 0) is 31.2 Å². The van der Waals surface area contributed by atoms with Crippen molar-refractivity contribution in [2.75, 3.05) is 37.4 Å². The summed E-state index contributed by atoms with van der Waals surface area (Å²) in [5.74, 6) is 0.117. The minimum Gasteiger partial charge on any atom is -0.423 e. The molecular weight excluding hydrogens is 256 g/mol. The van der Waals surface area contributed by atoms with E-state index >= 15 is 0 Å². The van der Waals surface area contributed by atoms with Crippen molar-refractivity contribution in [1.29, 1.82) is 0 Å². The average Bonchev–Trinajstić information content (AvgIpc) is 3.07. The number of amides is 1. The van der Waals surface area contributed by atoms with Gasteiger partial charge in [-0.25, -0.2) is 0 Å². The van der Waals surface area contributed by atoms with Crippen molar-refractivity contribution in [2.24, 2.45) is 5.92 Å². The number of carbonyl (C=O) groups excluding carboxylic acids is 1. The fourth-order valence-electron chi connectivity index (χ4n) is 2.31. The number of benzene rings is 1. The average molecular weight is 274 g/mol. The number of oxazole rings is 1. The van der Waals surface area contributed by atoms with Gasteiger partial charge in [-0.2, -0.15) is 4.98 Å². The van der Waals surface area contributed by atoms with Gasteiger partial charge in [-0.3, -0.25) is 4.79 Å². The number of hydrogen-bond donors (Lipinski definition) is 2. The fourth-order valence-corrected chi connectivity index (χ4v) is 2.31. The van der Waals surface area contributed by atoms with E-state index in [1.54, 1.807) is 0 Å². The molecule has 1 aliphatic heterocycles. The number of anilines is 2. The van der Waals surface area contributed by atoms with Crippen LogP contribution in [0.5, 0.6) is 0 Å². The number of fused-ring (bicyclic) bond motifs is 1. The summed E-state index contributed by atoms with van der Waals surface area (Å²) < 4.78 is 5.58. The van der Waals surface area contributed by atoms with Crippen molar-refractivity contribution in [3.8, 4) is 0 Å². The van der Waals surface area contributed by atoms with Crippen LogP contribution < -0.4 is 15.5 Å². The molecule has 3 rings (SSSR count). The third kappa shape index (κ3) is 2.46. The number of hydrogen-bond acceptors (Lipinski definition) is 5. The number of carbonyl (C=O) groups is 1. The molecule has 1 aromatic heterocycles. The Labute approximate surface area is 117 Å². The van der Waals surface area contributed by atoms with E-state index in [1.165, 1.54) is 0 Å². The normalized spacial score (nSPS) is 18.4. The minimum absolute atomic E-state index is 0.0559. The van der Waals surface area contributed by atoms with Crippen LogP contribution in [0.25, 0.3) is 11.1 Å². The maximum atomic E-state index is 12.1. The number of nitrogens with one attached hydrogen (secondary N) is 2. The molecule has 0 spiro atoms. The molecular formula is C14H18N4O2. The minimum atomic E-state index is 0.0559. The van der Waals surface area contributed by atoms with E-state index in [0.717, 1.165) is 30.7 Å². The predicted molar refractivity (Wildman–Crippen MR) is 77.9 cm³/mol. The molecule has 1 amide bonds. The van der Waals surface area contributed by atoms with Crippen LogP contribution in [-0.4, -0.2) is 38.1 Å². The van der Waals surface area contributed by atoms with Gasteiger partial charge in [0.2, 0.25) is 5.91 Å². The van der Waals surface area contributed by atoms with Crippen LogP contribution in [0.15, 0.2) is 22.6 Å². The summed E-state index contributed by atoms with van der Waals surface area (Å²) in [6.45, 7) is 1.66. The van der Waals surface area contributed by atoms with Gasteiger partial charge in [-0.1, -0.05) is 0 Å². The molecule has 6 heteroatoms. The Morgan fingerprint density at radius 3 is 3.05 bits per heavy atom. The monoisotopic (exact) mass is 274 g/mol. The van der Waals surface area contributed by atoms with E-state index in [4.69, 9.17) is 4.42 Å². The van der Waals surface area contributed by atoms with Crippen LogP contribution in [0.2, 0.25) is 0 Å². The third-order valence-corrected chi connectivity index (χ3v) is 3.46. The van der Waals surface area contributed by atoms with Gasteiger partial charge in [0.25, 0.3) is 6.01 Å². The highest BCUT2D eigenvalue weighted by molar-refractivity contribution is 5.94. The van der Waals surface area contributed by atoms with Gasteiger partial charge in [0.15, 0.2) is 5.58 Å². The molecule has 1 aliphatic rings. The molecule has 2 N–H and O–H groups in total. The predicted octanol–water partition coefficient (Wildman–Crippen LogP) is 1.44. The van der Waals surface area contributed by atoms with Crippen molar-refractivity contribution >= 4 is 28.7 Å². The van der Waals surface area contributed by atoms with Gasteiger partial charge in [0.05, 0.1) is 5.92 Å². The van der Waals surface area contributed by atoms with Crippen molar-refractivity contribution < 1.29 is 9.21 Å². The highest BCUT2D eigenvalue weighted by Crippen LogP contribution is 2.24. The lowest BCUT2D eigenvalue weighted by Crippen LogP contribution is -2.24. The summed E-state index contributed by atoms with van der Waals surface area (Å²) in [5, 5.41) is 6.13. The summed E-state index contributed by atoms with van der Waals surface area (Å²) in [7, 11) is 3.75. The fraction of sp³-hybridized carbons (Fsp3) is 0.429. The number of nitrogens with zero attached hydrogens (tertiary/aromatic N) is 2. The standard InChI is InChI=1S/C14H18N4O2/c1-18(2)14-17-11-7-10(3-4-12(11)20-14)16-13(19)9-5-6-15-8-9/h3-4,7,9,15H,5-6,8H2,1-2H3,(H,16,19). The number of aromatic nitrogens is 1. The molecule has 6 nitrogen and oxygen atoms in total. The molecule has 1 unspecified atom stereocenters. The molecule has 0 radical (unpaired) electrons. The lowest BCUT2D eigenvalue weighted by atomic mass is 10.1. The summed E-state index contributed by atoms with van der Waals surface area (Å²) in [6.07, 6.45) is 0.892. The highest BCUT2D eigenvalue weighted by Gasteiger charge is 2.22. The van der Waals surface area contributed by atoms with Crippen LogP contribution in [-0.2, 0) is 4.79 Å². The Morgan fingerprint density at radius 1 is 1.50 bits per heavy atom. The molecule has 0 aliphatic carbocycles. The summed E-state index contributed by atoms with van der Waals surface area (Å²) in [6, 6.07) is 6.07. The van der Waals surface area contributed by atoms with Crippen LogP contribution in [0.3, 0.4) is 0 Å². The van der Waals surface area contributed by atoms with E-state index in [-0.39, 0.29) is 11.8 Å². The second kappa shape index (κ2) is 5.13. The maximum absolute atomic E-state index is 12.1. The Hall–Kier alpha value is -2.08. The van der Waals surface area contributed by atoms with Crippen molar-refractivity contribution in [3.05, 3.63) is 18.2 Å². The zero-order chi connectivity index (χ0) is 14.1. The molecule has 1 saturated heterocycles. The second-order valence-corrected chi connectivity index (χ2v) is 5.25. The molecule has 1 aromatic carbocycles. The first-order valence-corrected chi connectivity index (χ1v) is 6.73. The highest BCUT2D eigenvalue weighted by atomic mass is 16.4. The first kappa shape index (κ1) is 12.9. The van der Waals surface area contributed by atoms with Gasteiger partial charge < -0.3 is 20.0 Å². The lowest BCUT2D eigenvalue weighted by molar-refractivity contribution is -0.119. The quantitative estimate of drug-likeness (QED) is 0.886. The van der Waals surface area contributed by atoms with E-state index in [0.29, 0.717) is 11.6 Å². The van der Waals surface area contributed by atoms with Gasteiger partial charge in [0, 0.05) is 26.3 Å². The molecule has 2 aromatic rings. The smallest absolute Gasteiger partial charge is 0.297 e. The Kier molecular flexibility index (Phi) is 3.31. The Balaban J connectivity index is 1.79. The first-order valence-electron chi connectivity index (χ1n) is 6.73. The van der Waals surface area contributed by atoms with Gasteiger partial charge >= 0.3 is 0 Å². The lowest BCUT2D eigenvalue weighted by Gasteiger charge is -2.09. The molecule has 106 valence electrons. The molecule has 1 atom stereocenters. The summed E-state index contributed by atoms with van der Waals surface area (Å²) in [4.78, 5) is 18.2. The first-order chi connectivity index (χ1) is 9.63. The van der Waals surface area contributed by atoms with E-state index < -0.39 is 0 Å². The van der Waals surface area contributed by atoms with E-state index in [9.17, 15) is 4.79 Å². The van der Waals surface area contributed by atoms with Crippen LogP contribution in [0.1, 0.15) is 6.42 Å². The summed E-state index contributed by atoms with van der Waals surface area (Å²) in [5.41, 5.74) is 2.22. The zero-order valence-electron chi connectivity index (χ0n) is 11.6. The molecule has 0 bridgehead atoms. The van der Waals surface area contributed by atoms with Crippen molar-refractivity contribution in [2.45, 2.75) is 6.42 Å². The van der Waals surface area contributed by atoms with Crippen LogP contribution in [0.4, 0.5) is 11.7 Å². The van der Waals surface area contributed by atoms with Crippen LogP contribution >= 0.6 is 0 Å². The largest absolute Gasteiger partial charge is 0.423 e. The van der Waals surface area contributed by atoms with E-state index in [1.807, 2.05) is 37.2 Å². The van der Waals surface area contributed by atoms with Crippen molar-refractivity contribution in [3.63, 3.8) is 0 Å².